The van der Waals surface area contributed by atoms with Crippen molar-refractivity contribution in [1.29, 1.82) is 0 Å². The van der Waals surface area contributed by atoms with Crippen LogP contribution in [0.1, 0.15) is 37.6 Å². The molecule has 30 heavy (non-hydrogen) atoms. The number of likely N-dealkylation sites (tertiary alicyclic amines) is 1. The standard InChI is InChI=1S/C21H32N4O4S/c1-16(2)24-8-7-18(15-24)14-22-21(27)19-5-4-6-20(13-19)30(28,29)25-11-9-23(10-12-25)17(3)26/h4-6,13,16,18H,7-12,14-15H2,1-3H3,(H,22,27). The van der Waals surface area contributed by atoms with E-state index in [2.05, 4.69) is 24.1 Å². The lowest BCUT2D eigenvalue weighted by molar-refractivity contribution is -0.129. The first-order valence-electron chi connectivity index (χ1n) is 10.6. The van der Waals surface area contributed by atoms with Crippen molar-refractivity contribution in [1.82, 2.24) is 19.4 Å². The second-order valence-corrected chi connectivity index (χ2v) is 10.3. The summed E-state index contributed by atoms with van der Waals surface area (Å²) in [7, 11) is -3.71. The zero-order valence-electron chi connectivity index (χ0n) is 18.0. The topological polar surface area (TPSA) is 90.0 Å². The van der Waals surface area contributed by atoms with E-state index in [1.165, 1.54) is 23.4 Å². The van der Waals surface area contributed by atoms with Crippen LogP contribution in [0.25, 0.3) is 0 Å². The lowest BCUT2D eigenvalue weighted by Gasteiger charge is -2.33. The van der Waals surface area contributed by atoms with E-state index < -0.39 is 10.0 Å². The quantitative estimate of drug-likeness (QED) is 0.719. The van der Waals surface area contributed by atoms with E-state index in [0.717, 1.165) is 19.5 Å². The Morgan fingerprint density at radius 1 is 1.13 bits per heavy atom. The molecule has 1 aromatic rings. The van der Waals surface area contributed by atoms with Gasteiger partial charge in [0.05, 0.1) is 4.90 Å². The molecule has 0 bridgehead atoms. The molecular formula is C21H32N4O4S. The average molecular weight is 437 g/mol. The Morgan fingerprint density at radius 3 is 2.43 bits per heavy atom. The Kier molecular flexibility index (Phi) is 7.15. The Bertz CT molecular complexity index is 879. The molecule has 1 unspecified atom stereocenters. The molecule has 1 atom stereocenters. The maximum absolute atomic E-state index is 13.0. The van der Waals surface area contributed by atoms with Gasteiger partial charge in [-0.3, -0.25) is 9.59 Å². The highest BCUT2D eigenvalue weighted by Gasteiger charge is 2.30. The monoisotopic (exact) mass is 436 g/mol. The van der Waals surface area contributed by atoms with E-state index in [1.807, 2.05) is 0 Å². The van der Waals surface area contributed by atoms with Crippen LogP contribution >= 0.6 is 0 Å². The lowest BCUT2D eigenvalue weighted by atomic mass is 10.1. The fraction of sp³-hybridized carbons (Fsp3) is 0.619. The van der Waals surface area contributed by atoms with E-state index in [1.54, 1.807) is 17.0 Å². The third kappa shape index (κ3) is 5.19. The van der Waals surface area contributed by atoms with Gasteiger partial charge in [-0.2, -0.15) is 4.31 Å². The van der Waals surface area contributed by atoms with Crippen LogP contribution in [0.3, 0.4) is 0 Å². The van der Waals surface area contributed by atoms with Crippen molar-refractivity contribution >= 4 is 21.8 Å². The van der Waals surface area contributed by atoms with Crippen molar-refractivity contribution in [3.8, 4) is 0 Å². The molecule has 166 valence electrons. The predicted molar refractivity (Wildman–Crippen MR) is 115 cm³/mol. The minimum Gasteiger partial charge on any atom is -0.352 e. The number of carbonyl (C=O) groups excluding carboxylic acids is 2. The van der Waals surface area contributed by atoms with E-state index in [-0.39, 0.29) is 29.8 Å². The molecule has 2 fully saturated rings. The molecule has 1 N–H and O–H groups in total. The molecule has 2 saturated heterocycles. The number of carbonyl (C=O) groups is 2. The molecule has 2 heterocycles. The third-order valence-electron chi connectivity index (χ3n) is 6.02. The molecule has 3 rings (SSSR count). The van der Waals surface area contributed by atoms with Gasteiger partial charge in [0.25, 0.3) is 5.91 Å². The molecule has 2 amide bonds. The fourth-order valence-corrected chi connectivity index (χ4v) is 5.50. The first-order chi connectivity index (χ1) is 14.2. The highest BCUT2D eigenvalue weighted by atomic mass is 32.2. The molecular weight excluding hydrogens is 404 g/mol. The number of sulfonamides is 1. The molecule has 0 spiro atoms. The SMILES string of the molecule is CC(=O)N1CCN(S(=O)(=O)c2cccc(C(=O)NCC3CCN(C(C)C)C3)c2)CC1. The Hall–Kier alpha value is -1.97. The van der Waals surface area contributed by atoms with Crippen LogP contribution in [0.2, 0.25) is 0 Å². The maximum atomic E-state index is 13.0. The van der Waals surface area contributed by atoms with Gasteiger partial charge in [0, 0.05) is 57.8 Å². The minimum absolute atomic E-state index is 0.0514. The number of benzene rings is 1. The summed E-state index contributed by atoms with van der Waals surface area (Å²) < 4.78 is 27.4. The fourth-order valence-electron chi connectivity index (χ4n) is 4.03. The van der Waals surface area contributed by atoms with Gasteiger partial charge in [-0.25, -0.2) is 8.42 Å². The Morgan fingerprint density at radius 2 is 1.83 bits per heavy atom. The van der Waals surface area contributed by atoms with Crippen molar-refractivity contribution in [3.05, 3.63) is 29.8 Å². The van der Waals surface area contributed by atoms with E-state index in [9.17, 15) is 18.0 Å². The normalized spacial score (nSPS) is 21.2. The van der Waals surface area contributed by atoms with Gasteiger partial charge in [0.2, 0.25) is 15.9 Å². The summed E-state index contributed by atoms with van der Waals surface area (Å²) >= 11 is 0. The van der Waals surface area contributed by atoms with Gasteiger partial charge < -0.3 is 15.1 Å². The summed E-state index contributed by atoms with van der Waals surface area (Å²) in [5, 5.41) is 2.96. The molecule has 9 heteroatoms. The van der Waals surface area contributed by atoms with Crippen LogP contribution in [-0.4, -0.2) is 86.2 Å². The molecule has 2 aliphatic heterocycles. The van der Waals surface area contributed by atoms with Crippen molar-refractivity contribution in [2.45, 2.75) is 38.1 Å². The molecule has 0 aliphatic carbocycles. The van der Waals surface area contributed by atoms with E-state index in [0.29, 0.717) is 37.2 Å². The first-order valence-corrected chi connectivity index (χ1v) is 12.0. The second-order valence-electron chi connectivity index (χ2n) is 8.39. The molecule has 0 radical (unpaired) electrons. The third-order valence-corrected chi connectivity index (χ3v) is 7.91. The maximum Gasteiger partial charge on any atom is 0.251 e. The summed E-state index contributed by atoms with van der Waals surface area (Å²) in [4.78, 5) is 28.2. The average Bonchev–Trinajstić information content (AvgIpc) is 3.21. The number of piperazine rings is 1. The molecule has 0 saturated carbocycles. The van der Waals surface area contributed by atoms with Crippen LogP contribution in [0.5, 0.6) is 0 Å². The van der Waals surface area contributed by atoms with Crippen LogP contribution in [0, 0.1) is 5.92 Å². The summed E-state index contributed by atoms with van der Waals surface area (Å²) in [5.74, 6) is 0.113. The van der Waals surface area contributed by atoms with Gasteiger partial charge in [0.1, 0.15) is 0 Å². The van der Waals surface area contributed by atoms with Crippen molar-refractivity contribution in [2.24, 2.45) is 5.92 Å². The highest BCUT2D eigenvalue weighted by Crippen LogP contribution is 2.20. The van der Waals surface area contributed by atoms with Gasteiger partial charge in [-0.15, -0.1) is 0 Å². The molecule has 8 nitrogen and oxygen atoms in total. The highest BCUT2D eigenvalue weighted by molar-refractivity contribution is 7.89. The predicted octanol–water partition coefficient (Wildman–Crippen LogP) is 1.000. The second kappa shape index (κ2) is 9.45. The van der Waals surface area contributed by atoms with Crippen molar-refractivity contribution in [3.63, 3.8) is 0 Å². The smallest absolute Gasteiger partial charge is 0.251 e. The van der Waals surface area contributed by atoms with Gasteiger partial charge in [-0.1, -0.05) is 6.07 Å². The number of amides is 2. The number of rotatable bonds is 6. The van der Waals surface area contributed by atoms with Crippen molar-refractivity contribution < 1.29 is 18.0 Å². The van der Waals surface area contributed by atoms with Crippen LogP contribution in [0.15, 0.2) is 29.2 Å². The van der Waals surface area contributed by atoms with Gasteiger partial charge in [-0.05, 0) is 50.9 Å². The number of nitrogens with zero attached hydrogens (tertiary/aromatic N) is 3. The zero-order chi connectivity index (χ0) is 21.9. The Balaban J connectivity index is 1.61. The lowest BCUT2D eigenvalue weighted by Crippen LogP contribution is -2.49. The molecule has 0 aromatic heterocycles. The van der Waals surface area contributed by atoms with Crippen LogP contribution in [-0.2, 0) is 14.8 Å². The number of hydrogen-bond acceptors (Lipinski definition) is 5. The van der Waals surface area contributed by atoms with Gasteiger partial charge >= 0.3 is 0 Å². The first kappa shape index (κ1) is 22.7. The van der Waals surface area contributed by atoms with Crippen LogP contribution in [0.4, 0.5) is 0 Å². The summed E-state index contributed by atoms with van der Waals surface area (Å²) in [5.41, 5.74) is 0.345. The largest absolute Gasteiger partial charge is 0.352 e. The van der Waals surface area contributed by atoms with Crippen molar-refractivity contribution in [2.75, 3.05) is 45.8 Å². The summed E-state index contributed by atoms with van der Waals surface area (Å²) in [6.07, 6.45) is 1.05. The Labute approximate surface area is 179 Å². The molecule has 1 aromatic carbocycles. The number of hydrogen-bond donors (Lipinski definition) is 1. The summed E-state index contributed by atoms with van der Waals surface area (Å²) in [6.45, 7) is 9.71. The van der Waals surface area contributed by atoms with Crippen LogP contribution < -0.4 is 5.32 Å². The van der Waals surface area contributed by atoms with Gasteiger partial charge in [0.15, 0.2) is 0 Å². The zero-order valence-corrected chi connectivity index (χ0v) is 18.8. The van der Waals surface area contributed by atoms with E-state index in [4.69, 9.17) is 0 Å². The summed E-state index contributed by atoms with van der Waals surface area (Å²) in [6, 6.07) is 6.70. The number of nitrogens with one attached hydrogen (secondary N) is 1. The molecule has 2 aliphatic rings. The van der Waals surface area contributed by atoms with E-state index >= 15 is 0 Å². The minimum atomic E-state index is -3.71.